The van der Waals surface area contributed by atoms with Gasteiger partial charge in [0.1, 0.15) is 0 Å². The van der Waals surface area contributed by atoms with Gasteiger partial charge in [0.15, 0.2) is 5.17 Å². The molecule has 6 heteroatoms. The van der Waals surface area contributed by atoms with E-state index in [2.05, 4.69) is 71.8 Å². The van der Waals surface area contributed by atoms with Gasteiger partial charge in [-0.2, -0.15) is 0 Å². The number of aromatic nitrogens is 1. The maximum absolute atomic E-state index is 13.8. The number of carbonyl (C=O) groups excluding carboxylic acids is 1. The second-order valence-corrected chi connectivity index (χ2v) is 10.4. The van der Waals surface area contributed by atoms with E-state index in [4.69, 9.17) is 4.99 Å². The van der Waals surface area contributed by atoms with E-state index in [0.717, 1.165) is 41.3 Å². The lowest BCUT2D eigenvalue weighted by Gasteiger charge is -2.16. The van der Waals surface area contributed by atoms with Crippen LogP contribution < -0.4 is 9.80 Å². The standard InChI is InChI=1S/C32H32N4OS/c1-5-23-9-13-25(14-10-23)33-32-36(28-15-11-24(6-2)12-16-28)31(37)30(38-32)22-29-8-7-21-35(29)27-19-17-26(18-20-27)34(3)4/h7-22H,5-6H2,1-4H3/b30-22-,33-32?. The zero-order chi connectivity index (χ0) is 26.6. The highest BCUT2D eigenvalue weighted by Crippen LogP contribution is 2.38. The first-order valence-corrected chi connectivity index (χ1v) is 13.7. The molecule has 2 heterocycles. The number of aliphatic imine (C=N–C) groups is 1. The first-order chi connectivity index (χ1) is 18.5. The van der Waals surface area contributed by atoms with Gasteiger partial charge < -0.3 is 9.47 Å². The highest BCUT2D eigenvalue weighted by atomic mass is 32.2. The van der Waals surface area contributed by atoms with Gasteiger partial charge in [-0.05, 0) is 102 Å². The molecule has 0 saturated carbocycles. The Morgan fingerprint density at radius 2 is 1.42 bits per heavy atom. The third kappa shape index (κ3) is 5.31. The number of amides is 1. The maximum atomic E-state index is 13.8. The van der Waals surface area contributed by atoms with E-state index in [1.165, 1.54) is 22.9 Å². The van der Waals surface area contributed by atoms with Crippen molar-refractivity contribution in [2.75, 3.05) is 23.9 Å². The third-order valence-corrected chi connectivity index (χ3v) is 7.65. The number of carbonyl (C=O) groups is 1. The summed E-state index contributed by atoms with van der Waals surface area (Å²) in [5.41, 5.74) is 7.26. The average molecular weight is 521 g/mol. The van der Waals surface area contributed by atoms with Crippen molar-refractivity contribution in [3.63, 3.8) is 0 Å². The summed E-state index contributed by atoms with van der Waals surface area (Å²) in [6, 6.07) is 28.8. The first-order valence-electron chi connectivity index (χ1n) is 12.9. The van der Waals surface area contributed by atoms with Gasteiger partial charge >= 0.3 is 0 Å². The quantitative estimate of drug-likeness (QED) is 0.237. The summed E-state index contributed by atoms with van der Waals surface area (Å²) in [6.45, 7) is 4.26. The zero-order valence-corrected chi connectivity index (χ0v) is 23.1. The number of anilines is 2. The van der Waals surface area contributed by atoms with Crippen LogP contribution in [0.4, 0.5) is 17.1 Å². The molecule has 0 N–H and O–H groups in total. The Kier molecular flexibility index (Phi) is 7.52. The minimum atomic E-state index is -0.0705. The summed E-state index contributed by atoms with van der Waals surface area (Å²) in [7, 11) is 4.06. The third-order valence-electron chi connectivity index (χ3n) is 6.68. The summed E-state index contributed by atoms with van der Waals surface area (Å²) in [4.78, 5) is 23.1. The van der Waals surface area contributed by atoms with Crippen LogP contribution in [0.1, 0.15) is 30.7 Å². The lowest BCUT2D eigenvalue weighted by molar-refractivity contribution is -0.113. The summed E-state index contributed by atoms with van der Waals surface area (Å²) in [5.74, 6) is -0.0705. The topological polar surface area (TPSA) is 40.8 Å². The molecule has 38 heavy (non-hydrogen) atoms. The SMILES string of the molecule is CCc1ccc(N=C2S/C(=C\c3cccn3-c3ccc(N(C)C)cc3)C(=O)N2c2ccc(CC)cc2)cc1. The Balaban J connectivity index is 1.52. The lowest BCUT2D eigenvalue weighted by atomic mass is 10.1. The molecule has 5 nitrogen and oxygen atoms in total. The van der Waals surface area contributed by atoms with Gasteiger partial charge in [0.2, 0.25) is 0 Å². The van der Waals surface area contributed by atoms with Crippen molar-refractivity contribution < 1.29 is 4.79 Å². The zero-order valence-electron chi connectivity index (χ0n) is 22.3. The minimum Gasteiger partial charge on any atom is -0.378 e. The normalized spacial score (nSPS) is 15.6. The Morgan fingerprint density at radius 3 is 2.03 bits per heavy atom. The van der Waals surface area contributed by atoms with Gasteiger partial charge in [0, 0.05) is 37.4 Å². The molecular weight excluding hydrogens is 488 g/mol. The van der Waals surface area contributed by atoms with Crippen molar-refractivity contribution in [1.29, 1.82) is 0 Å². The lowest BCUT2D eigenvalue weighted by Crippen LogP contribution is -2.28. The van der Waals surface area contributed by atoms with Crippen molar-refractivity contribution >= 4 is 46.0 Å². The predicted octanol–water partition coefficient (Wildman–Crippen LogP) is 7.48. The van der Waals surface area contributed by atoms with Gasteiger partial charge in [-0.25, -0.2) is 4.99 Å². The number of nitrogens with zero attached hydrogens (tertiary/aromatic N) is 4. The van der Waals surface area contributed by atoms with Crippen LogP contribution in [-0.2, 0) is 17.6 Å². The van der Waals surface area contributed by atoms with Gasteiger partial charge in [-0.3, -0.25) is 9.69 Å². The van der Waals surface area contributed by atoms with Gasteiger partial charge in [0.25, 0.3) is 5.91 Å². The first kappa shape index (κ1) is 25.6. The Labute approximate surface area is 229 Å². The Bertz CT molecular complexity index is 1480. The second-order valence-electron chi connectivity index (χ2n) is 9.40. The van der Waals surface area contributed by atoms with Crippen LogP contribution in [0.25, 0.3) is 11.8 Å². The molecule has 5 rings (SSSR count). The van der Waals surface area contributed by atoms with Crippen LogP contribution in [0.3, 0.4) is 0 Å². The minimum absolute atomic E-state index is 0.0705. The molecule has 0 bridgehead atoms. The van der Waals surface area contributed by atoms with Crippen LogP contribution in [0, 0.1) is 0 Å². The molecule has 1 aromatic heterocycles. The van der Waals surface area contributed by atoms with E-state index < -0.39 is 0 Å². The maximum Gasteiger partial charge on any atom is 0.271 e. The molecule has 0 atom stereocenters. The van der Waals surface area contributed by atoms with Gasteiger partial charge in [0.05, 0.1) is 16.3 Å². The molecule has 1 saturated heterocycles. The van der Waals surface area contributed by atoms with E-state index in [1.807, 2.05) is 62.8 Å². The summed E-state index contributed by atoms with van der Waals surface area (Å²) in [5, 5.41) is 0.656. The van der Waals surface area contributed by atoms with Crippen LogP contribution in [0.5, 0.6) is 0 Å². The Morgan fingerprint density at radius 1 is 0.816 bits per heavy atom. The van der Waals surface area contributed by atoms with Crippen LogP contribution in [0.15, 0.2) is 101 Å². The van der Waals surface area contributed by atoms with Crippen molar-refractivity contribution in [3.8, 4) is 5.69 Å². The molecule has 1 aliphatic heterocycles. The van der Waals surface area contributed by atoms with Gasteiger partial charge in [-0.15, -0.1) is 0 Å². The molecule has 1 amide bonds. The van der Waals surface area contributed by atoms with Gasteiger partial charge in [-0.1, -0.05) is 38.1 Å². The van der Waals surface area contributed by atoms with E-state index in [9.17, 15) is 4.79 Å². The number of hydrogen-bond acceptors (Lipinski definition) is 4. The van der Waals surface area contributed by atoms with E-state index in [1.54, 1.807) is 4.90 Å². The van der Waals surface area contributed by atoms with Crippen molar-refractivity contribution in [3.05, 3.63) is 113 Å². The van der Waals surface area contributed by atoms with E-state index >= 15 is 0 Å². The molecule has 4 aromatic rings. The highest BCUT2D eigenvalue weighted by molar-refractivity contribution is 8.19. The van der Waals surface area contributed by atoms with Crippen LogP contribution in [-0.4, -0.2) is 29.7 Å². The summed E-state index contributed by atoms with van der Waals surface area (Å²) >= 11 is 1.41. The van der Waals surface area contributed by atoms with Crippen molar-refractivity contribution in [1.82, 2.24) is 4.57 Å². The molecule has 0 spiro atoms. The number of hydrogen-bond donors (Lipinski definition) is 0. The monoisotopic (exact) mass is 520 g/mol. The molecular formula is C32H32N4OS. The summed E-state index contributed by atoms with van der Waals surface area (Å²) < 4.78 is 2.10. The molecule has 0 aliphatic carbocycles. The second kappa shape index (κ2) is 11.2. The highest BCUT2D eigenvalue weighted by Gasteiger charge is 2.35. The molecule has 1 aliphatic rings. The van der Waals surface area contributed by atoms with E-state index in [0.29, 0.717) is 10.1 Å². The van der Waals surface area contributed by atoms with Crippen molar-refractivity contribution in [2.45, 2.75) is 26.7 Å². The fraction of sp³-hybridized carbons (Fsp3) is 0.188. The number of aryl methyl sites for hydroxylation is 2. The van der Waals surface area contributed by atoms with Crippen molar-refractivity contribution in [2.24, 2.45) is 4.99 Å². The number of rotatable bonds is 7. The molecule has 0 radical (unpaired) electrons. The summed E-state index contributed by atoms with van der Waals surface area (Å²) in [6.07, 6.45) is 5.91. The molecule has 3 aromatic carbocycles. The largest absolute Gasteiger partial charge is 0.378 e. The van der Waals surface area contributed by atoms with Crippen LogP contribution in [0.2, 0.25) is 0 Å². The number of benzene rings is 3. The Hall–Kier alpha value is -4.03. The average Bonchev–Trinajstić information content (AvgIpc) is 3.53. The van der Waals surface area contributed by atoms with Crippen LogP contribution >= 0.6 is 11.8 Å². The van der Waals surface area contributed by atoms with E-state index in [-0.39, 0.29) is 5.91 Å². The molecule has 192 valence electrons. The fourth-order valence-electron chi connectivity index (χ4n) is 4.37. The predicted molar refractivity (Wildman–Crippen MR) is 162 cm³/mol. The number of thioether (sulfide) groups is 1. The smallest absolute Gasteiger partial charge is 0.271 e. The number of amidine groups is 1. The fourth-order valence-corrected chi connectivity index (χ4v) is 5.35. The molecule has 0 unspecified atom stereocenters. The molecule has 1 fully saturated rings.